The number of halogens is 3. The van der Waals surface area contributed by atoms with Gasteiger partial charge < -0.3 is 10.1 Å². The largest absolute Gasteiger partial charge is 0.483 e. The molecule has 110 valence electrons. The Kier molecular flexibility index (Phi) is 5.51. The number of rotatable bonds is 4. The molecule has 0 fully saturated rings. The molecule has 0 atom stereocenters. The summed E-state index contributed by atoms with van der Waals surface area (Å²) in [5, 5.41) is 3.88. The summed E-state index contributed by atoms with van der Waals surface area (Å²) < 4.78 is 6.24. The summed E-state index contributed by atoms with van der Waals surface area (Å²) in [5.41, 5.74) is 1.49. The van der Waals surface area contributed by atoms with E-state index in [9.17, 15) is 4.79 Å². The SMILES string of the molecule is Cc1cc(Cl)ccc1OCC(=O)Nc1ccc(Br)c(Cl)c1. The molecule has 0 aliphatic heterocycles. The van der Waals surface area contributed by atoms with Gasteiger partial charge in [0.2, 0.25) is 0 Å². The normalized spacial score (nSPS) is 10.3. The molecule has 0 spiro atoms. The van der Waals surface area contributed by atoms with Gasteiger partial charge in [-0.3, -0.25) is 4.79 Å². The second-order valence-corrected chi connectivity index (χ2v) is 6.07. The van der Waals surface area contributed by atoms with E-state index in [0.717, 1.165) is 10.0 Å². The fourth-order valence-corrected chi connectivity index (χ4v) is 2.34. The van der Waals surface area contributed by atoms with Gasteiger partial charge in [-0.25, -0.2) is 0 Å². The van der Waals surface area contributed by atoms with Crippen molar-refractivity contribution in [3.8, 4) is 5.75 Å². The highest BCUT2D eigenvalue weighted by Gasteiger charge is 2.07. The van der Waals surface area contributed by atoms with Crippen molar-refractivity contribution in [3.05, 3.63) is 56.5 Å². The summed E-state index contributed by atoms with van der Waals surface area (Å²) in [6.45, 7) is 1.78. The first kappa shape index (κ1) is 16.1. The first-order chi connectivity index (χ1) is 9.95. The van der Waals surface area contributed by atoms with Crippen LogP contribution in [0.4, 0.5) is 5.69 Å². The molecular formula is C15H12BrCl2NO2. The molecule has 1 N–H and O–H groups in total. The van der Waals surface area contributed by atoms with Crippen molar-refractivity contribution < 1.29 is 9.53 Å². The number of benzene rings is 2. The van der Waals surface area contributed by atoms with Crippen LogP contribution in [0.5, 0.6) is 5.75 Å². The highest BCUT2D eigenvalue weighted by Crippen LogP contribution is 2.25. The maximum atomic E-state index is 11.8. The van der Waals surface area contributed by atoms with Crippen LogP contribution in [0.15, 0.2) is 40.9 Å². The van der Waals surface area contributed by atoms with Crippen molar-refractivity contribution in [2.24, 2.45) is 0 Å². The standard InChI is InChI=1S/C15H12BrCl2NO2/c1-9-6-10(17)2-5-14(9)21-8-15(20)19-11-3-4-12(16)13(18)7-11/h2-7H,8H2,1H3,(H,19,20). The molecule has 0 heterocycles. The van der Waals surface area contributed by atoms with Gasteiger partial charge in [0.05, 0.1) is 5.02 Å². The zero-order chi connectivity index (χ0) is 15.4. The van der Waals surface area contributed by atoms with E-state index in [1.807, 2.05) is 6.92 Å². The van der Waals surface area contributed by atoms with Gasteiger partial charge in [0.15, 0.2) is 6.61 Å². The fraction of sp³-hybridized carbons (Fsp3) is 0.133. The predicted octanol–water partition coefficient (Wildman–Crippen LogP) is 5.08. The van der Waals surface area contributed by atoms with Gasteiger partial charge in [-0.2, -0.15) is 0 Å². The van der Waals surface area contributed by atoms with E-state index in [4.69, 9.17) is 27.9 Å². The summed E-state index contributed by atoms with van der Waals surface area (Å²) >= 11 is 15.1. The second kappa shape index (κ2) is 7.16. The van der Waals surface area contributed by atoms with Gasteiger partial charge in [0, 0.05) is 15.2 Å². The molecule has 21 heavy (non-hydrogen) atoms. The van der Waals surface area contributed by atoms with Gasteiger partial charge in [-0.1, -0.05) is 23.2 Å². The van der Waals surface area contributed by atoms with Gasteiger partial charge in [0.25, 0.3) is 5.91 Å². The smallest absolute Gasteiger partial charge is 0.262 e. The Morgan fingerprint density at radius 1 is 1.24 bits per heavy atom. The van der Waals surface area contributed by atoms with Crippen molar-refractivity contribution in [2.75, 3.05) is 11.9 Å². The van der Waals surface area contributed by atoms with Gasteiger partial charge in [0.1, 0.15) is 5.75 Å². The second-order valence-electron chi connectivity index (χ2n) is 4.38. The third-order valence-electron chi connectivity index (χ3n) is 2.70. The lowest BCUT2D eigenvalue weighted by atomic mass is 10.2. The van der Waals surface area contributed by atoms with Crippen LogP contribution in [-0.2, 0) is 4.79 Å². The third-order valence-corrected chi connectivity index (χ3v) is 4.17. The lowest BCUT2D eigenvalue weighted by molar-refractivity contribution is -0.118. The van der Waals surface area contributed by atoms with Crippen molar-refractivity contribution in [3.63, 3.8) is 0 Å². The van der Waals surface area contributed by atoms with E-state index in [1.165, 1.54) is 0 Å². The minimum absolute atomic E-state index is 0.0871. The number of hydrogen-bond acceptors (Lipinski definition) is 2. The number of anilines is 1. The van der Waals surface area contributed by atoms with Crippen LogP contribution in [0.2, 0.25) is 10.0 Å². The third kappa shape index (κ3) is 4.63. The van der Waals surface area contributed by atoms with Crippen LogP contribution in [0.25, 0.3) is 0 Å². The van der Waals surface area contributed by atoms with Crippen LogP contribution in [0, 0.1) is 6.92 Å². The van der Waals surface area contributed by atoms with Crippen molar-refractivity contribution in [1.29, 1.82) is 0 Å². The highest BCUT2D eigenvalue weighted by molar-refractivity contribution is 9.10. The Bertz CT molecular complexity index is 677. The molecule has 2 rings (SSSR count). The lowest BCUT2D eigenvalue weighted by Crippen LogP contribution is -2.20. The molecular weight excluding hydrogens is 377 g/mol. The number of amides is 1. The van der Waals surface area contributed by atoms with E-state index < -0.39 is 0 Å². The Labute approximate surface area is 141 Å². The molecule has 0 aromatic heterocycles. The fourth-order valence-electron chi connectivity index (χ4n) is 1.69. The number of hydrogen-bond donors (Lipinski definition) is 1. The van der Waals surface area contributed by atoms with Crippen LogP contribution >= 0.6 is 39.1 Å². The highest BCUT2D eigenvalue weighted by atomic mass is 79.9. The maximum Gasteiger partial charge on any atom is 0.262 e. The molecule has 0 saturated carbocycles. The number of carbonyl (C=O) groups is 1. The van der Waals surface area contributed by atoms with E-state index in [1.54, 1.807) is 36.4 Å². The van der Waals surface area contributed by atoms with Crippen LogP contribution in [0.1, 0.15) is 5.56 Å². The number of ether oxygens (including phenoxy) is 1. The zero-order valence-corrected chi connectivity index (χ0v) is 14.2. The molecule has 2 aromatic carbocycles. The quantitative estimate of drug-likeness (QED) is 0.792. The summed E-state index contributed by atoms with van der Waals surface area (Å²) in [6.07, 6.45) is 0. The first-order valence-corrected chi connectivity index (χ1v) is 7.64. The van der Waals surface area contributed by atoms with Crippen LogP contribution < -0.4 is 10.1 Å². The van der Waals surface area contributed by atoms with Gasteiger partial charge in [-0.15, -0.1) is 0 Å². The first-order valence-electron chi connectivity index (χ1n) is 6.09. The van der Waals surface area contributed by atoms with E-state index >= 15 is 0 Å². The van der Waals surface area contributed by atoms with Crippen molar-refractivity contribution in [1.82, 2.24) is 0 Å². The molecule has 1 amide bonds. The van der Waals surface area contributed by atoms with E-state index in [2.05, 4.69) is 21.2 Å². The molecule has 0 aliphatic rings. The molecule has 0 radical (unpaired) electrons. The molecule has 0 saturated heterocycles. The zero-order valence-electron chi connectivity index (χ0n) is 11.1. The Hall–Kier alpha value is -1.23. The summed E-state index contributed by atoms with van der Waals surface area (Å²) in [7, 11) is 0. The topological polar surface area (TPSA) is 38.3 Å². The van der Waals surface area contributed by atoms with E-state index in [0.29, 0.717) is 21.5 Å². The number of nitrogens with one attached hydrogen (secondary N) is 1. The average Bonchev–Trinajstić information content (AvgIpc) is 2.42. The Morgan fingerprint density at radius 3 is 2.67 bits per heavy atom. The summed E-state index contributed by atoms with van der Waals surface area (Å²) in [6, 6.07) is 10.4. The summed E-state index contributed by atoms with van der Waals surface area (Å²) in [5.74, 6) is 0.367. The van der Waals surface area contributed by atoms with Crippen LogP contribution in [-0.4, -0.2) is 12.5 Å². The molecule has 2 aromatic rings. The van der Waals surface area contributed by atoms with Gasteiger partial charge >= 0.3 is 0 Å². The lowest BCUT2D eigenvalue weighted by Gasteiger charge is -2.10. The van der Waals surface area contributed by atoms with Gasteiger partial charge in [-0.05, 0) is 64.8 Å². The Morgan fingerprint density at radius 2 is 2.00 bits per heavy atom. The van der Waals surface area contributed by atoms with Crippen molar-refractivity contribution in [2.45, 2.75) is 6.92 Å². The monoisotopic (exact) mass is 387 g/mol. The Balaban J connectivity index is 1.94. The minimum atomic E-state index is -0.261. The summed E-state index contributed by atoms with van der Waals surface area (Å²) in [4.78, 5) is 11.8. The van der Waals surface area contributed by atoms with Crippen molar-refractivity contribution >= 4 is 50.7 Å². The van der Waals surface area contributed by atoms with E-state index in [-0.39, 0.29) is 12.5 Å². The molecule has 6 heteroatoms. The molecule has 3 nitrogen and oxygen atoms in total. The predicted molar refractivity (Wildman–Crippen MR) is 89.5 cm³/mol. The molecule has 0 unspecified atom stereocenters. The average molecular weight is 389 g/mol. The number of carbonyl (C=O) groups excluding carboxylic acids is 1. The molecule has 0 bridgehead atoms. The molecule has 0 aliphatic carbocycles. The number of aryl methyl sites for hydroxylation is 1. The van der Waals surface area contributed by atoms with Crippen LogP contribution in [0.3, 0.4) is 0 Å². The minimum Gasteiger partial charge on any atom is -0.483 e. The maximum absolute atomic E-state index is 11.8.